The second-order valence-electron chi connectivity index (χ2n) is 9.72. The molecule has 0 unspecified atom stereocenters. The van der Waals surface area contributed by atoms with E-state index in [2.05, 4.69) is 17.1 Å². The van der Waals surface area contributed by atoms with Crippen molar-refractivity contribution in [2.24, 2.45) is 29.6 Å². The summed E-state index contributed by atoms with van der Waals surface area (Å²) < 4.78 is 0. The first kappa shape index (κ1) is 19.8. The molecule has 0 spiro atoms. The Labute approximate surface area is 199 Å². The van der Waals surface area contributed by atoms with Crippen molar-refractivity contribution in [2.45, 2.75) is 29.5 Å². The first-order chi connectivity index (χ1) is 16.0. The van der Waals surface area contributed by atoms with E-state index in [0.29, 0.717) is 5.69 Å². The first-order valence-corrected chi connectivity index (χ1v) is 13.1. The number of hydrogen-bond donors (Lipinski definition) is 1. The zero-order valence-corrected chi connectivity index (χ0v) is 19.6. The summed E-state index contributed by atoms with van der Waals surface area (Å²) in [5.41, 5.74) is 2.98. The highest BCUT2D eigenvalue weighted by Crippen LogP contribution is 2.68. The normalized spacial score (nSPS) is 33.8. The summed E-state index contributed by atoms with van der Waals surface area (Å²) >= 11 is 3.03. The number of H-pyrrole nitrogens is 1. The van der Waals surface area contributed by atoms with Gasteiger partial charge in [0.1, 0.15) is 0 Å². The molecule has 3 heterocycles. The average molecular weight is 475 g/mol. The summed E-state index contributed by atoms with van der Waals surface area (Å²) in [6.45, 7) is 2.00. The number of hydrogen-bond acceptors (Lipinski definition) is 5. The van der Waals surface area contributed by atoms with E-state index in [0.717, 1.165) is 21.9 Å². The maximum atomic E-state index is 13.7. The molecule has 4 aliphatic rings. The number of amides is 2. The zero-order valence-electron chi connectivity index (χ0n) is 17.9. The van der Waals surface area contributed by atoms with Gasteiger partial charge in [-0.25, -0.2) is 0 Å². The van der Waals surface area contributed by atoms with E-state index in [1.165, 1.54) is 21.8 Å². The van der Waals surface area contributed by atoms with Crippen LogP contribution in [-0.4, -0.2) is 22.0 Å². The van der Waals surface area contributed by atoms with Crippen LogP contribution in [0, 0.1) is 36.5 Å². The van der Waals surface area contributed by atoms with E-state index in [-0.39, 0.29) is 57.4 Å². The van der Waals surface area contributed by atoms with Crippen molar-refractivity contribution in [3.8, 4) is 0 Å². The van der Waals surface area contributed by atoms with Crippen LogP contribution in [-0.2, 0) is 9.59 Å². The number of carbonyl (C=O) groups is 2. The molecule has 166 valence electrons. The van der Waals surface area contributed by atoms with Crippen LogP contribution in [0.3, 0.4) is 0 Å². The molecule has 33 heavy (non-hydrogen) atoms. The van der Waals surface area contributed by atoms with Crippen molar-refractivity contribution in [3.63, 3.8) is 0 Å². The van der Waals surface area contributed by atoms with Gasteiger partial charge in [0, 0.05) is 16.0 Å². The molecule has 1 N–H and O–H groups in total. The molecule has 7 rings (SSSR count). The van der Waals surface area contributed by atoms with E-state index in [1.54, 1.807) is 11.8 Å². The number of anilines is 1. The summed E-state index contributed by atoms with van der Waals surface area (Å²) in [7, 11) is 0. The Hall–Kier alpha value is -2.64. The van der Waals surface area contributed by atoms with E-state index >= 15 is 0 Å². The molecule has 2 aliphatic carbocycles. The summed E-state index contributed by atoms with van der Waals surface area (Å²) in [5.74, 6) is 0.0616. The van der Waals surface area contributed by atoms with Crippen molar-refractivity contribution in [1.82, 2.24) is 4.98 Å². The zero-order chi connectivity index (χ0) is 22.4. The smallest absolute Gasteiger partial charge is 0.305 e. The van der Waals surface area contributed by atoms with Crippen LogP contribution in [0.4, 0.5) is 5.69 Å². The minimum atomic E-state index is -0.255. The van der Waals surface area contributed by atoms with Gasteiger partial charge >= 0.3 is 4.87 Å². The lowest BCUT2D eigenvalue weighted by Gasteiger charge is -2.43. The van der Waals surface area contributed by atoms with Crippen LogP contribution in [0.5, 0.6) is 0 Å². The Bertz CT molecular complexity index is 1350. The highest BCUT2D eigenvalue weighted by molar-refractivity contribution is 8.00. The number of fused-ring (bicyclic) bond motifs is 9. The van der Waals surface area contributed by atoms with Crippen LogP contribution in [0.2, 0.25) is 0 Å². The number of nitrogens with one attached hydrogen (secondary N) is 1. The molecule has 7 heteroatoms. The van der Waals surface area contributed by atoms with Gasteiger partial charge in [-0.3, -0.25) is 19.3 Å². The average Bonchev–Trinajstić information content (AvgIpc) is 3.54. The van der Waals surface area contributed by atoms with Gasteiger partial charge in [0.2, 0.25) is 11.8 Å². The minimum absolute atomic E-state index is 0.0290. The number of thioether (sulfide) groups is 1. The third-order valence-electron chi connectivity index (χ3n) is 8.17. The number of aryl methyl sites for hydroxylation is 1. The van der Waals surface area contributed by atoms with Gasteiger partial charge in [0.05, 0.1) is 22.5 Å². The summed E-state index contributed by atoms with van der Waals surface area (Å²) in [4.78, 5) is 45.1. The van der Waals surface area contributed by atoms with Crippen LogP contribution >= 0.6 is 23.1 Å². The maximum absolute atomic E-state index is 13.7. The highest BCUT2D eigenvalue weighted by Gasteiger charge is 2.69. The number of imide groups is 1. The molecule has 2 aliphatic heterocycles. The fourth-order valence-corrected chi connectivity index (χ4v) is 9.89. The van der Waals surface area contributed by atoms with Crippen LogP contribution in [0.25, 0.3) is 0 Å². The monoisotopic (exact) mass is 474 g/mol. The summed E-state index contributed by atoms with van der Waals surface area (Å²) in [6.07, 6.45) is 0.916. The van der Waals surface area contributed by atoms with Crippen LogP contribution < -0.4 is 9.77 Å². The lowest BCUT2D eigenvalue weighted by atomic mass is 9.68. The predicted octanol–water partition coefficient (Wildman–Crippen LogP) is 4.42. The molecule has 1 saturated heterocycles. The molecule has 7 atom stereocenters. The van der Waals surface area contributed by atoms with Gasteiger partial charge in [-0.15, -0.1) is 11.8 Å². The Morgan fingerprint density at radius 2 is 1.61 bits per heavy atom. The number of thiazole rings is 1. The molecule has 3 fully saturated rings. The van der Waals surface area contributed by atoms with Gasteiger partial charge in [-0.1, -0.05) is 59.4 Å². The van der Waals surface area contributed by atoms with Gasteiger partial charge in [0.15, 0.2) is 0 Å². The van der Waals surface area contributed by atoms with Gasteiger partial charge < -0.3 is 4.98 Å². The molecule has 0 radical (unpaired) electrons. The number of benzene rings is 2. The number of rotatable bonds is 2. The Morgan fingerprint density at radius 3 is 2.33 bits per heavy atom. The van der Waals surface area contributed by atoms with E-state index in [9.17, 15) is 14.4 Å². The minimum Gasteiger partial charge on any atom is -0.307 e. The van der Waals surface area contributed by atoms with Crippen LogP contribution in [0.1, 0.15) is 28.3 Å². The molecule has 3 aromatic rings. The Kier molecular flexibility index (Phi) is 4.16. The van der Waals surface area contributed by atoms with Crippen molar-refractivity contribution >= 4 is 40.6 Å². The lowest BCUT2D eigenvalue weighted by molar-refractivity contribution is -0.123. The van der Waals surface area contributed by atoms with Crippen LogP contribution in [0.15, 0.2) is 64.4 Å². The van der Waals surface area contributed by atoms with Crippen molar-refractivity contribution < 1.29 is 9.59 Å². The highest BCUT2D eigenvalue weighted by atomic mass is 32.2. The quantitative estimate of drug-likeness (QED) is 0.558. The molecule has 5 nitrogen and oxygen atoms in total. The van der Waals surface area contributed by atoms with Gasteiger partial charge in [-0.2, -0.15) is 0 Å². The number of aromatic nitrogens is 1. The molecular formula is C26H22N2O3S2. The maximum Gasteiger partial charge on any atom is 0.305 e. The number of aromatic amines is 1. The summed E-state index contributed by atoms with van der Waals surface area (Å²) in [5, 5.41) is 1.19. The van der Waals surface area contributed by atoms with Gasteiger partial charge in [-0.05, 0) is 48.8 Å². The predicted molar refractivity (Wildman–Crippen MR) is 129 cm³/mol. The Morgan fingerprint density at radius 1 is 0.909 bits per heavy atom. The van der Waals surface area contributed by atoms with Crippen molar-refractivity contribution in [2.75, 3.05) is 4.90 Å². The van der Waals surface area contributed by atoms with E-state index in [1.807, 2.05) is 49.4 Å². The Balaban J connectivity index is 1.33. The molecule has 2 amide bonds. The third-order valence-corrected chi connectivity index (χ3v) is 10.8. The van der Waals surface area contributed by atoms with E-state index in [4.69, 9.17) is 0 Å². The summed E-state index contributed by atoms with van der Waals surface area (Å²) in [6, 6.07) is 18.0. The SMILES string of the molecule is Cc1ccc(N2C(=O)[C@@H]3[C@H]4C[C@@H]([C@@H]3C2=O)[C@@H]2[C@H](c3ccccc3)c3sc(=O)[nH]c3S[C@H]42)cc1. The first-order valence-electron chi connectivity index (χ1n) is 11.4. The topological polar surface area (TPSA) is 70.2 Å². The molecule has 2 aromatic carbocycles. The molecular weight excluding hydrogens is 452 g/mol. The largest absolute Gasteiger partial charge is 0.307 e. The molecule has 2 bridgehead atoms. The standard InChI is InChI=1S/C26H22N2O3S2/c1-12-7-9-14(10-8-12)28-24(29)19-15-11-16(20(19)25(28)30)21-18(15)17(13-5-3-2-4-6-13)22-23(32-21)27-26(31)33-22/h2-10,15-21H,11H2,1H3,(H,27,31)/t15-,16-,17+,18-,19+,20-,21-/m1/s1. The molecule has 2 saturated carbocycles. The fourth-order valence-electron chi connectivity index (χ4n) is 7.00. The third kappa shape index (κ3) is 2.63. The second-order valence-corrected chi connectivity index (χ2v) is 11.9. The second kappa shape index (κ2) is 6.93. The van der Waals surface area contributed by atoms with E-state index < -0.39 is 0 Å². The number of nitrogens with zero attached hydrogens (tertiary/aromatic N) is 1. The number of carbonyl (C=O) groups excluding carboxylic acids is 2. The van der Waals surface area contributed by atoms with Crippen molar-refractivity contribution in [1.29, 1.82) is 0 Å². The fraction of sp³-hybridized carbons (Fsp3) is 0.346. The van der Waals surface area contributed by atoms with Crippen molar-refractivity contribution in [3.05, 3.63) is 80.3 Å². The molecule has 1 aromatic heterocycles. The van der Waals surface area contributed by atoms with Gasteiger partial charge in [0.25, 0.3) is 0 Å². The lowest BCUT2D eigenvalue weighted by Crippen LogP contribution is -2.42.